The van der Waals surface area contributed by atoms with E-state index in [9.17, 15) is 5.11 Å². The van der Waals surface area contributed by atoms with Gasteiger partial charge in [0.05, 0.1) is 7.11 Å². The van der Waals surface area contributed by atoms with Gasteiger partial charge in [0, 0.05) is 37.1 Å². The maximum atomic E-state index is 10.4. The van der Waals surface area contributed by atoms with Gasteiger partial charge >= 0.3 is 0 Å². The van der Waals surface area contributed by atoms with E-state index in [0.717, 1.165) is 30.3 Å². The number of ether oxygens (including phenoxy) is 2. The molecule has 1 fully saturated rings. The van der Waals surface area contributed by atoms with Crippen LogP contribution in [0.15, 0.2) is 24.3 Å². The summed E-state index contributed by atoms with van der Waals surface area (Å²) in [4.78, 5) is 11.0. The number of benzene rings is 1. The van der Waals surface area contributed by atoms with Crippen LogP contribution in [0.25, 0.3) is 0 Å². The maximum Gasteiger partial charge on any atom is 0.229 e. The van der Waals surface area contributed by atoms with E-state index in [4.69, 9.17) is 9.47 Å². The summed E-state index contributed by atoms with van der Waals surface area (Å²) in [5.41, 5.74) is 1.63. The van der Waals surface area contributed by atoms with Crippen molar-refractivity contribution in [1.82, 2.24) is 14.9 Å². The lowest BCUT2D eigenvalue weighted by atomic mass is 10.1. The molecule has 28 heavy (non-hydrogen) atoms. The predicted octanol–water partition coefficient (Wildman–Crippen LogP) is 2.41. The van der Waals surface area contributed by atoms with Gasteiger partial charge in [-0.25, -0.2) is 4.98 Å². The number of aliphatic hydroxyl groups is 1. The summed E-state index contributed by atoms with van der Waals surface area (Å²) in [6.45, 7) is 6.48. The van der Waals surface area contributed by atoms with Crippen LogP contribution in [0.1, 0.15) is 19.0 Å². The minimum Gasteiger partial charge on any atom is -0.493 e. The van der Waals surface area contributed by atoms with Crippen molar-refractivity contribution in [3.05, 3.63) is 30.0 Å². The molecule has 0 bridgehead atoms. The number of β-amino-alcohol motifs (C(OH)–C–C–N with tert-alkyl or cyclic N) is 1. The number of aryl methyl sites for hydroxylation is 1. The smallest absolute Gasteiger partial charge is 0.229 e. The molecule has 0 amide bonds. The fourth-order valence-corrected chi connectivity index (χ4v) is 2.98. The Morgan fingerprint density at radius 3 is 2.64 bits per heavy atom. The molecule has 152 valence electrons. The topological polar surface area (TPSA) is 91.8 Å². The van der Waals surface area contributed by atoms with Crippen LogP contribution in [-0.4, -0.2) is 66.0 Å². The van der Waals surface area contributed by atoms with Crippen LogP contribution in [-0.2, 0) is 0 Å². The van der Waals surface area contributed by atoms with Crippen LogP contribution in [0.2, 0.25) is 0 Å². The molecule has 0 saturated carbocycles. The average molecular weight is 387 g/mol. The molecule has 3 N–H and O–H groups in total. The van der Waals surface area contributed by atoms with Gasteiger partial charge in [0.2, 0.25) is 5.95 Å². The Morgan fingerprint density at radius 2 is 2.00 bits per heavy atom. The quantitative estimate of drug-likeness (QED) is 0.604. The highest BCUT2D eigenvalue weighted by atomic mass is 16.5. The molecular weight excluding hydrogens is 358 g/mol. The van der Waals surface area contributed by atoms with Crippen molar-refractivity contribution < 1.29 is 14.6 Å². The third-order valence-corrected chi connectivity index (χ3v) is 4.78. The van der Waals surface area contributed by atoms with E-state index < -0.39 is 6.10 Å². The molecule has 2 heterocycles. The third-order valence-electron chi connectivity index (χ3n) is 4.78. The molecule has 0 spiro atoms. The lowest BCUT2D eigenvalue weighted by Crippen LogP contribution is -2.46. The molecule has 1 aromatic carbocycles. The van der Waals surface area contributed by atoms with E-state index in [1.165, 1.54) is 6.42 Å². The second-order valence-electron chi connectivity index (χ2n) is 7.00. The minimum atomic E-state index is -0.570. The largest absolute Gasteiger partial charge is 0.493 e. The number of nitrogens with one attached hydrogen (secondary N) is 2. The molecule has 0 unspecified atom stereocenters. The van der Waals surface area contributed by atoms with Crippen molar-refractivity contribution in [3.8, 4) is 11.5 Å². The molecule has 1 aromatic heterocycles. The molecule has 2 atom stereocenters. The van der Waals surface area contributed by atoms with Crippen molar-refractivity contribution in [2.75, 3.05) is 44.4 Å². The fourth-order valence-electron chi connectivity index (χ4n) is 2.98. The molecule has 3 rings (SSSR count). The zero-order valence-corrected chi connectivity index (χ0v) is 16.9. The van der Waals surface area contributed by atoms with E-state index in [1.807, 2.05) is 45.2 Å². The van der Waals surface area contributed by atoms with Crippen LogP contribution in [0, 0.1) is 6.92 Å². The second-order valence-corrected chi connectivity index (χ2v) is 7.00. The number of anilines is 3. The third kappa shape index (κ3) is 5.02. The van der Waals surface area contributed by atoms with Gasteiger partial charge in [-0.2, -0.15) is 4.98 Å². The summed E-state index contributed by atoms with van der Waals surface area (Å²) in [7, 11) is 3.41. The Hall–Kier alpha value is -2.58. The van der Waals surface area contributed by atoms with Gasteiger partial charge in [-0.05, 0) is 45.5 Å². The maximum absolute atomic E-state index is 10.4. The van der Waals surface area contributed by atoms with Gasteiger partial charge in [-0.1, -0.05) is 0 Å². The standard InChI is InChI=1S/C20H29N5O3/c1-13-10-19(21-3)24-20(22-13)23-15-6-7-17(27-4)18(11-15)28-14(2)16(26)12-25-8-5-9-25/h6-7,10-11,14,16,26H,5,8-9,12H2,1-4H3,(H2,21,22,23,24)/t14-,16+/m0/s1. The van der Waals surface area contributed by atoms with Crippen LogP contribution >= 0.6 is 0 Å². The molecule has 0 aliphatic carbocycles. The van der Waals surface area contributed by atoms with Gasteiger partial charge in [0.25, 0.3) is 0 Å². The highest BCUT2D eigenvalue weighted by molar-refractivity contribution is 5.60. The van der Waals surface area contributed by atoms with Crippen molar-refractivity contribution in [1.29, 1.82) is 0 Å². The minimum absolute atomic E-state index is 0.365. The first kappa shape index (κ1) is 20.2. The number of aromatic nitrogens is 2. The summed E-state index contributed by atoms with van der Waals surface area (Å²) < 4.78 is 11.4. The fraction of sp³-hybridized carbons (Fsp3) is 0.500. The Kier molecular flexibility index (Phi) is 6.53. The molecule has 1 aliphatic heterocycles. The van der Waals surface area contributed by atoms with Crippen molar-refractivity contribution in [2.45, 2.75) is 32.5 Å². The zero-order chi connectivity index (χ0) is 20.1. The molecule has 1 aliphatic rings. The Bertz CT molecular complexity index is 797. The highest BCUT2D eigenvalue weighted by Crippen LogP contribution is 2.32. The average Bonchev–Trinajstić information content (AvgIpc) is 2.64. The number of likely N-dealkylation sites (tertiary alicyclic amines) is 1. The molecule has 1 saturated heterocycles. The van der Waals surface area contributed by atoms with Gasteiger partial charge in [-0.3, -0.25) is 0 Å². The van der Waals surface area contributed by atoms with E-state index in [0.29, 0.717) is 24.0 Å². The number of rotatable bonds is 9. The van der Waals surface area contributed by atoms with E-state index in [-0.39, 0.29) is 6.10 Å². The molecule has 2 aromatic rings. The van der Waals surface area contributed by atoms with Crippen LogP contribution in [0.5, 0.6) is 11.5 Å². The molecule has 8 heteroatoms. The monoisotopic (exact) mass is 387 g/mol. The first-order valence-corrected chi connectivity index (χ1v) is 9.54. The molecular formula is C20H29N5O3. The number of aliphatic hydroxyl groups excluding tert-OH is 1. The van der Waals surface area contributed by atoms with Gasteiger partial charge in [0.15, 0.2) is 11.5 Å². The normalized spacial score (nSPS) is 16.0. The number of hydrogen-bond donors (Lipinski definition) is 3. The van der Waals surface area contributed by atoms with Gasteiger partial charge in [-0.15, -0.1) is 0 Å². The lowest BCUT2D eigenvalue weighted by Gasteiger charge is -2.34. The summed E-state index contributed by atoms with van der Waals surface area (Å²) in [5, 5.41) is 16.6. The van der Waals surface area contributed by atoms with Crippen molar-refractivity contribution in [3.63, 3.8) is 0 Å². The van der Waals surface area contributed by atoms with Gasteiger partial charge < -0.3 is 30.1 Å². The summed E-state index contributed by atoms with van der Waals surface area (Å²) >= 11 is 0. The van der Waals surface area contributed by atoms with E-state index >= 15 is 0 Å². The van der Waals surface area contributed by atoms with Crippen LogP contribution < -0.4 is 20.1 Å². The van der Waals surface area contributed by atoms with Crippen molar-refractivity contribution in [2.24, 2.45) is 0 Å². The summed E-state index contributed by atoms with van der Waals surface area (Å²) in [6.07, 6.45) is 0.260. The van der Waals surface area contributed by atoms with Crippen molar-refractivity contribution >= 4 is 17.5 Å². The Labute approximate surface area is 165 Å². The molecule has 0 radical (unpaired) electrons. The first-order chi connectivity index (χ1) is 13.5. The van der Waals surface area contributed by atoms with Crippen LogP contribution in [0.3, 0.4) is 0 Å². The van der Waals surface area contributed by atoms with Gasteiger partial charge in [0.1, 0.15) is 18.0 Å². The summed E-state index contributed by atoms with van der Waals surface area (Å²) in [6, 6.07) is 7.39. The Morgan fingerprint density at radius 1 is 1.21 bits per heavy atom. The van der Waals surface area contributed by atoms with E-state index in [2.05, 4.69) is 25.5 Å². The zero-order valence-electron chi connectivity index (χ0n) is 16.9. The lowest BCUT2D eigenvalue weighted by molar-refractivity contribution is 0.00599. The van der Waals surface area contributed by atoms with E-state index in [1.54, 1.807) is 7.11 Å². The number of nitrogens with zero attached hydrogens (tertiary/aromatic N) is 3. The first-order valence-electron chi connectivity index (χ1n) is 9.54. The highest BCUT2D eigenvalue weighted by Gasteiger charge is 2.23. The summed E-state index contributed by atoms with van der Waals surface area (Å²) in [5.74, 6) is 2.40. The number of methoxy groups -OCH3 is 1. The Balaban J connectivity index is 1.73. The number of hydrogen-bond acceptors (Lipinski definition) is 8. The predicted molar refractivity (Wildman–Crippen MR) is 110 cm³/mol. The SMILES string of the molecule is CNc1cc(C)nc(Nc2ccc(OC)c(O[C@@H](C)[C@H](O)CN3CCC3)c2)n1. The molecule has 8 nitrogen and oxygen atoms in total. The second kappa shape index (κ2) is 9.07. The van der Waals surface area contributed by atoms with Crippen LogP contribution in [0.4, 0.5) is 17.5 Å².